The van der Waals surface area contributed by atoms with Gasteiger partial charge < -0.3 is 30.5 Å². The van der Waals surface area contributed by atoms with Gasteiger partial charge in [-0.2, -0.15) is 0 Å². The number of aromatic nitrogens is 2. The van der Waals surface area contributed by atoms with Gasteiger partial charge in [0.25, 0.3) is 5.91 Å². The summed E-state index contributed by atoms with van der Waals surface area (Å²) < 4.78 is 1.76. The van der Waals surface area contributed by atoms with Crippen LogP contribution in [0.1, 0.15) is 42.5 Å². The summed E-state index contributed by atoms with van der Waals surface area (Å²) in [6.07, 6.45) is 2.22. The second-order valence-corrected chi connectivity index (χ2v) is 7.13. The molecule has 4 N–H and O–H groups in total. The van der Waals surface area contributed by atoms with Crippen molar-refractivity contribution >= 4 is 29.7 Å². The summed E-state index contributed by atoms with van der Waals surface area (Å²) in [5.41, 5.74) is 1.61. The van der Waals surface area contributed by atoms with Crippen molar-refractivity contribution in [1.29, 1.82) is 0 Å². The lowest BCUT2D eigenvalue weighted by Gasteiger charge is -2.18. The molecule has 1 atom stereocenters. The fourth-order valence-electron chi connectivity index (χ4n) is 3.27. The van der Waals surface area contributed by atoms with E-state index in [4.69, 9.17) is 0 Å². The largest absolute Gasteiger partial charge is 0.366 e. The van der Waals surface area contributed by atoms with Crippen LogP contribution in [-0.2, 0) is 11.3 Å². The summed E-state index contributed by atoms with van der Waals surface area (Å²) in [4.78, 5) is 34.7. The fraction of sp³-hybridized carbons (Fsp3) is 0.429. The van der Waals surface area contributed by atoms with E-state index in [0.29, 0.717) is 35.9 Å². The van der Waals surface area contributed by atoms with Crippen LogP contribution in [0.5, 0.6) is 0 Å². The Bertz CT molecular complexity index is 920. The number of aryl methyl sites for hydroxylation is 1. The Kier molecular flexibility index (Phi) is 7.74. The lowest BCUT2D eigenvalue weighted by atomic mass is 10.2. The Morgan fingerprint density at radius 1 is 1.23 bits per heavy atom. The van der Waals surface area contributed by atoms with E-state index in [0.717, 1.165) is 19.6 Å². The van der Waals surface area contributed by atoms with Gasteiger partial charge in [-0.1, -0.05) is 13.8 Å². The molecule has 2 amide bonds. The van der Waals surface area contributed by atoms with Crippen molar-refractivity contribution in [2.45, 2.75) is 33.0 Å². The zero-order valence-corrected chi connectivity index (χ0v) is 17.8. The van der Waals surface area contributed by atoms with E-state index in [-0.39, 0.29) is 18.2 Å². The quantitative estimate of drug-likeness (QED) is 0.455. The third-order valence-corrected chi connectivity index (χ3v) is 5.15. The van der Waals surface area contributed by atoms with Crippen molar-refractivity contribution in [3.05, 3.63) is 41.9 Å². The molecule has 10 nitrogen and oxygen atoms in total. The van der Waals surface area contributed by atoms with E-state index >= 15 is 0 Å². The number of likely N-dealkylation sites (N-methyl/N-ethyl adjacent to an activating group) is 1. The smallest absolute Gasteiger partial charge is 0.251 e. The van der Waals surface area contributed by atoms with Crippen LogP contribution in [0, 0.1) is 0 Å². The number of aliphatic hydroxyl groups excluding tert-OH is 1. The first kappa shape index (κ1) is 22.4. The number of amides is 2. The number of nitrogens with one attached hydrogen (secondary N) is 3. The van der Waals surface area contributed by atoms with E-state index in [2.05, 4.69) is 44.7 Å². The van der Waals surface area contributed by atoms with Gasteiger partial charge in [-0.05, 0) is 37.4 Å². The molecule has 0 bridgehead atoms. The molecule has 1 aliphatic rings. The summed E-state index contributed by atoms with van der Waals surface area (Å²) in [5, 5.41) is 18.5. The van der Waals surface area contributed by atoms with Gasteiger partial charge in [0.2, 0.25) is 5.91 Å². The highest BCUT2D eigenvalue weighted by molar-refractivity contribution is 5.95. The van der Waals surface area contributed by atoms with E-state index in [9.17, 15) is 14.7 Å². The monoisotopic (exact) mass is 427 g/mol. The number of hydrogen-bond acceptors (Lipinski definition) is 7. The summed E-state index contributed by atoms with van der Waals surface area (Å²) in [6, 6.07) is 6.81. The minimum absolute atomic E-state index is 0.131. The van der Waals surface area contributed by atoms with Gasteiger partial charge in [0.15, 0.2) is 6.23 Å². The summed E-state index contributed by atoms with van der Waals surface area (Å²) >= 11 is 0. The van der Waals surface area contributed by atoms with Crippen LogP contribution in [0.4, 0.5) is 11.5 Å². The van der Waals surface area contributed by atoms with Crippen LogP contribution in [0.2, 0.25) is 0 Å². The second-order valence-electron chi connectivity index (χ2n) is 7.13. The molecule has 0 saturated heterocycles. The minimum Gasteiger partial charge on any atom is -0.366 e. The summed E-state index contributed by atoms with van der Waals surface area (Å²) in [5.74, 6) is 0.337. The SMILES string of the molecule is CCN(CC)CCNC(=O)c1ccc(NC(=O)CCn2cnc3c2NC=NC3O)cc1. The Hall–Kier alpha value is -3.24. The van der Waals surface area contributed by atoms with Gasteiger partial charge in [0.05, 0.1) is 12.7 Å². The van der Waals surface area contributed by atoms with E-state index in [1.54, 1.807) is 35.2 Å². The number of imidazole rings is 1. The molecular weight excluding hydrogens is 398 g/mol. The molecule has 0 aliphatic carbocycles. The van der Waals surface area contributed by atoms with Gasteiger partial charge in [-0.15, -0.1) is 0 Å². The number of fused-ring (bicyclic) bond motifs is 1. The highest BCUT2D eigenvalue weighted by Gasteiger charge is 2.20. The van der Waals surface area contributed by atoms with Crippen molar-refractivity contribution in [3.8, 4) is 0 Å². The van der Waals surface area contributed by atoms with Gasteiger partial charge in [0.1, 0.15) is 11.5 Å². The first-order valence-corrected chi connectivity index (χ1v) is 10.4. The van der Waals surface area contributed by atoms with E-state index < -0.39 is 6.23 Å². The van der Waals surface area contributed by atoms with Crippen LogP contribution in [0.3, 0.4) is 0 Å². The van der Waals surface area contributed by atoms with Crippen molar-refractivity contribution in [2.24, 2.45) is 4.99 Å². The number of benzene rings is 1. The highest BCUT2D eigenvalue weighted by Crippen LogP contribution is 2.25. The van der Waals surface area contributed by atoms with Crippen molar-refractivity contribution in [2.75, 3.05) is 36.8 Å². The first-order valence-electron chi connectivity index (χ1n) is 10.4. The van der Waals surface area contributed by atoms with Crippen LogP contribution < -0.4 is 16.0 Å². The molecule has 10 heteroatoms. The van der Waals surface area contributed by atoms with Gasteiger partial charge in [0, 0.05) is 37.3 Å². The first-order chi connectivity index (χ1) is 15.0. The molecule has 2 aromatic rings. The molecule has 166 valence electrons. The maximum Gasteiger partial charge on any atom is 0.251 e. The van der Waals surface area contributed by atoms with Crippen molar-refractivity contribution in [1.82, 2.24) is 19.8 Å². The molecule has 0 spiro atoms. The number of aliphatic imine (C=N–C) groups is 1. The zero-order chi connectivity index (χ0) is 22.2. The molecule has 1 unspecified atom stereocenters. The molecule has 1 aromatic carbocycles. The van der Waals surface area contributed by atoms with Gasteiger partial charge >= 0.3 is 0 Å². The molecule has 2 heterocycles. The second kappa shape index (κ2) is 10.7. The van der Waals surface area contributed by atoms with Crippen LogP contribution in [0.25, 0.3) is 0 Å². The molecule has 0 radical (unpaired) electrons. The molecule has 3 rings (SSSR count). The molecule has 1 aromatic heterocycles. The standard InChI is InChI=1S/C21H29N7O3/c1-3-27(4-2)12-10-22-20(30)15-5-7-16(8-6-15)26-17(29)9-11-28-14-25-18-19(28)23-13-24-21(18)31/h5-8,13-14,21,31H,3-4,9-12H2,1-2H3,(H,22,30)(H,23,24)(H,26,29). The molecular formula is C21H29N7O3. The number of aliphatic hydroxyl groups is 1. The topological polar surface area (TPSA) is 124 Å². The Morgan fingerprint density at radius 3 is 2.68 bits per heavy atom. The maximum absolute atomic E-state index is 12.3. The molecule has 31 heavy (non-hydrogen) atoms. The average molecular weight is 428 g/mol. The maximum atomic E-state index is 12.3. The predicted octanol–water partition coefficient (Wildman–Crippen LogP) is 1.43. The van der Waals surface area contributed by atoms with Crippen LogP contribution in [-0.4, -0.2) is 63.9 Å². The third kappa shape index (κ3) is 5.89. The van der Waals surface area contributed by atoms with Crippen molar-refractivity contribution < 1.29 is 14.7 Å². The fourth-order valence-corrected chi connectivity index (χ4v) is 3.27. The number of carbonyl (C=O) groups is 2. The zero-order valence-electron chi connectivity index (χ0n) is 17.8. The summed E-state index contributed by atoms with van der Waals surface area (Å²) in [6.45, 7) is 7.90. The highest BCUT2D eigenvalue weighted by atomic mass is 16.3. The molecule has 0 fully saturated rings. The van der Waals surface area contributed by atoms with Gasteiger partial charge in [-0.3, -0.25) is 9.59 Å². The number of rotatable bonds is 10. The molecule has 0 saturated carbocycles. The van der Waals surface area contributed by atoms with Crippen LogP contribution in [0.15, 0.2) is 35.6 Å². The lowest BCUT2D eigenvalue weighted by molar-refractivity contribution is -0.116. The minimum atomic E-state index is -0.987. The lowest BCUT2D eigenvalue weighted by Crippen LogP contribution is -2.34. The summed E-state index contributed by atoms with van der Waals surface area (Å²) in [7, 11) is 0. The number of hydrogen-bond donors (Lipinski definition) is 4. The number of carbonyl (C=O) groups excluding carboxylic acids is 2. The Balaban J connectivity index is 1.45. The number of nitrogens with zero attached hydrogens (tertiary/aromatic N) is 4. The van der Waals surface area contributed by atoms with Gasteiger partial charge in [-0.25, -0.2) is 9.98 Å². The normalized spacial score (nSPS) is 14.8. The van der Waals surface area contributed by atoms with Crippen LogP contribution >= 0.6 is 0 Å². The number of anilines is 2. The Morgan fingerprint density at radius 2 is 1.97 bits per heavy atom. The average Bonchev–Trinajstić information content (AvgIpc) is 3.20. The van der Waals surface area contributed by atoms with E-state index in [1.807, 2.05) is 0 Å². The Labute approximate surface area is 181 Å². The van der Waals surface area contributed by atoms with Crippen molar-refractivity contribution in [3.63, 3.8) is 0 Å². The third-order valence-electron chi connectivity index (χ3n) is 5.15. The van der Waals surface area contributed by atoms with E-state index in [1.165, 1.54) is 6.34 Å². The predicted molar refractivity (Wildman–Crippen MR) is 119 cm³/mol. The molecule has 1 aliphatic heterocycles.